The summed E-state index contributed by atoms with van der Waals surface area (Å²) in [5.41, 5.74) is 1.33. The molecule has 2 heterocycles. The normalized spacial score (nSPS) is 15.7. The Morgan fingerprint density at radius 3 is 2.53 bits per heavy atom. The lowest BCUT2D eigenvalue weighted by Crippen LogP contribution is -2.35. The summed E-state index contributed by atoms with van der Waals surface area (Å²) in [6.07, 6.45) is 0.773. The van der Waals surface area contributed by atoms with Gasteiger partial charge in [-0.15, -0.1) is 11.3 Å². The topological polar surface area (TPSA) is 57.2 Å². The molecule has 6 nitrogen and oxygen atoms in total. The first kappa shape index (κ1) is 23.7. The third-order valence-corrected chi connectivity index (χ3v) is 9.10. The molecule has 166 valence electrons. The molecule has 0 spiro atoms. The van der Waals surface area contributed by atoms with Gasteiger partial charge < -0.3 is 18.5 Å². The number of nitrogens with zero attached hydrogens (tertiary/aromatic N) is 1. The zero-order valence-corrected chi connectivity index (χ0v) is 20.7. The number of hydrogen-bond donors (Lipinski definition) is 0. The number of halogens is 2. The van der Waals surface area contributed by atoms with Crippen molar-refractivity contribution in [2.45, 2.75) is 32.6 Å². The second kappa shape index (κ2) is 10.1. The van der Waals surface area contributed by atoms with E-state index in [1.54, 1.807) is 37.3 Å². The molecule has 0 amide bonds. The molecule has 1 aromatic heterocycles. The molecule has 1 unspecified atom stereocenters. The number of methoxy groups -OCH3 is 2. The van der Waals surface area contributed by atoms with Gasteiger partial charge in [-0.2, -0.15) is 0 Å². The highest BCUT2D eigenvalue weighted by molar-refractivity contribution is 9.11. The summed E-state index contributed by atoms with van der Waals surface area (Å²) in [4.78, 5) is 3.24. The van der Waals surface area contributed by atoms with Crippen molar-refractivity contribution < 1.29 is 27.5 Å². The van der Waals surface area contributed by atoms with E-state index in [1.807, 2.05) is 4.90 Å². The van der Waals surface area contributed by atoms with Gasteiger partial charge in [0, 0.05) is 23.5 Å². The molecule has 0 aliphatic carbocycles. The van der Waals surface area contributed by atoms with Gasteiger partial charge in [-0.25, -0.2) is 4.39 Å². The molecule has 3 rings (SSSR count). The second-order valence-corrected chi connectivity index (χ2v) is 11.3. The molecular weight excluding hydrogens is 496 g/mol. The van der Waals surface area contributed by atoms with Gasteiger partial charge in [0.1, 0.15) is 5.78 Å². The molecule has 1 aliphatic rings. The highest BCUT2D eigenvalue weighted by Gasteiger charge is 2.44. The molecule has 1 aromatic carbocycles. The van der Waals surface area contributed by atoms with E-state index >= 15 is 4.39 Å². The number of benzene rings is 1. The summed E-state index contributed by atoms with van der Waals surface area (Å²) in [6.45, 7) is 4.98. The zero-order chi connectivity index (χ0) is 21.9. The van der Waals surface area contributed by atoms with Crippen LogP contribution in [-0.4, -0.2) is 38.9 Å². The third-order valence-electron chi connectivity index (χ3n) is 4.92. The van der Waals surface area contributed by atoms with Crippen LogP contribution in [0.3, 0.4) is 0 Å². The lowest BCUT2D eigenvalue weighted by molar-refractivity contribution is 0.152. The lowest BCUT2D eigenvalue weighted by Gasteiger charge is -2.38. The van der Waals surface area contributed by atoms with Gasteiger partial charge >= 0.3 is 7.60 Å². The zero-order valence-electron chi connectivity index (χ0n) is 17.4. The summed E-state index contributed by atoms with van der Waals surface area (Å²) in [7, 11) is -0.904. The van der Waals surface area contributed by atoms with E-state index in [-0.39, 0.29) is 30.3 Å². The van der Waals surface area contributed by atoms with Gasteiger partial charge in [-0.3, -0.25) is 9.46 Å². The van der Waals surface area contributed by atoms with Gasteiger partial charge in [-0.05, 0) is 60.0 Å². The predicted octanol–water partition coefficient (Wildman–Crippen LogP) is 5.99. The quantitative estimate of drug-likeness (QED) is 0.377. The molecule has 1 aliphatic heterocycles. The van der Waals surface area contributed by atoms with Crippen molar-refractivity contribution in [3.05, 3.63) is 43.8 Å². The standard InChI is InChI=1S/C20H26BrFNO5PS/c1-5-27-29(24,28-6-2)20(14-7-8-15(25-3)19(26-4)18(14)22)23-10-9-16-13(12-23)11-17(21)30-16/h7-8,11,20H,5-6,9-10,12H2,1-4H3. The minimum atomic E-state index is -3.72. The maximum Gasteiger partial charge on any atom is 0.352 e. The number of rotatable bonds is 9. The molecule has 10 heteroatoms. The summed E-state index contributed by atoms with van der Waals surface area (Å²) >= 11 is 5.23. The number of hydrogen-bond acceptors (Lipinski definition) is 7. The first-order chi connectivity index (χ1) is 14.4. The van der Waals surface area contributed by atoms with Crippen LogP contribution in [-0.2, 0) is 26.6 Å². The minimum absolute atomic E-state index is 0.0319. The smallest absolute Gasteiger partial charge is 0.352 e. The molecule has 2 aromatic rings. The van der Waals surface area contributed by atoms with Crippen molar-refractivity contribution in [2.24, 2.45) is 0 Å². The fourth-order valence-corrected chi connectivity index (χ4v) is 7.70. The van der Waals surface area contributed by atoms with Crippen molar-refractivity contribution in [1.29, 1.82) is 0 Å². The molecule has 0 radical (unpaired) electrons. The van der Waals surface area contributed by atoms with E-state index in [9.17, 15) is 4.57 Å². The monoisotopic (exact) mass is 521 g/mol. The fourth-order valence-electron chi connectivity index (χ4n) is 3.74. The lowest BCUT2D eigenvalue weighted by atomic mass is 10.1. The van der Waals surface area contributed by atoms with E-state index in [0.717, 1.165) is 15.8 Å². The van der Waals surface area contributed by atoms with Gasteiger partial charge in [0.25, 0.3) is 0 Å². The van der Waals surface area contributed by atoms with E-state index in [0.29, 0.717) is 13.1 Å². The molecule has 0 saturated heterocycles. The average molecular weight is 522 g/mol. The van der Waals surface area contributed by atoms with E-state index in [4.69, 9.17) is 18.5 Å². The number of ether oxygens (including phenoxy) is 2. The number of fused-ring (bicyclic) bond motifs is 1. The Hall–Kier alpha value is -0.960. The van der Waals surface area contributed by atoms with Crippen LogP contribution in [0.1, 0.15) is 35.6 Å². The van der Waals surface area contributed by atoms with Gasteiger partial charge in [-0.1, -0.05) is 0 Å². The van der Waals surface area contributed by atoms with Gasteiger partial charge in [0.15, 0.2) is 17.3 Å². The van der Waals surface area contributed by atoms with Crippen LogP contribution in [0, 0.1) is 5.82 Å². The summed E-state index contributed by atoms with van der Waals surface area (Å²) < 4.78 is 52.3. The van der Waals surface area contributed by atoms with E-state index in [1.165, 1.54) is 19.1 Å². The Kier molecular flexibility index (Phi) is 7.98. The Morgan fingerprint density at radius 1 is 1.23 bits per heavy atom. The van der Waals surface area contributed by atoms with Crippen LogP contribution in [0.5, 0.6) is 11.5 Å². The molecule has 0 N–H and O–H groups in total. The third kappa shape index (κ3) is 4.61. The Bertz CT molecular complexity index is 930. The van der Waals surface area contributed by atoms with Crippen LogP contribution < -0.4 is 9.47 Å². The first-order valence-corrected chi connectivity index (χ1v) is 12.9. The summed E-state index contributed by atoms with van der Waals surface area (Å²) in [5.74, 6) is -1.30. The first-order valence-electron chi connectivity index (χ1n) is 9.68. The highest BCUT2D eigenvalue weighted by atomic mass is 79.9. The Labute approximate surface area is 188 Å². The van der Waals surface area contributed by atoms with Gasteiger partial charge in [0.2, 0.25) is 0 Å². The van der Waals surface area contributed by atoms with Crippen LogP contribution in [0.15, 0.2) is 22.0 Å². The molecule has 1 atom stereocenters. The minimum Gasteiger partial charge on any atom is -0.493 e. The summed E-state index contributed by atoms with van der Waals surface area (Å²) in [6, 6.07) is 5.24. The largest absolute Gasteiger partial charge is 0.493 e. The Morgan fingerprint density at radius 2 is 1.93 bits per heavy atom. The summed E-state index contributed by atoms with van der Waals surface area (Å²) in [5, 5.41) is 0. The van der Waals surface area contributed by atoms with E-state index in [2.05, 4.69) is 22.0 Å². The molecule has 30 heavy (non-hydrogen) atoms. The number of thiophene rings is 1. The van der Waals surface area contributed by atoms with Crippen LogP contribution >= 0.6 is 34.9 Å². The Balaban J connectivity index is 2.13. The maximum absolute atomic E-state index is 15.6. The molecule has 0 fully saturated rings. The SMILES string of the molecule is CCOP(=O)(OCC)C(c1ccc(OC)c(OC)c1F)N1CCc2sc(Br)cc2C1. The van der Waals surface area contributed by atoms with E-state index < -0.39 is 19.2 Å². The molecular formula is C20H26BrFNO5PS. The predicted molar refractivity (Wildman–Crippen MR) is 119 cm³/mol. The fraction of sp³-hybridized carbons (Fsp3) is 0.500. The van der Waals surface area contributed by atoms with Crippen LogP contribution in [0.2, 0.25) is 0 Å². The van der Waals surface area contributed by atoms with Crippen LogP contribution in [0.4, 0.5) is 4.39 Å². The van der Waals surface area contributed by atoms with Gasteiger partial charge in [0.05, 0.1) is 31.2 Å². The molecule has 0 saturated carbocycles. The second-order valence-electron chi connectivity index (χ2n) is 6.67. The van der Waals surface area contributed by atoms with Crippen molar-refractivity contribution >= 4 is 34.9 Å². The van der Waals surface area contributed by atoms with Crippen molar-refractivity contribution in [3.8, 4) is 11.5 Å². The van der Waals surface area contributed by atoms with Crippen molar-refractivity contribution in [2.75, 3.05) is 34.0 Å². The average Bonchev–Trinajstić information content (AvgIpc) is 3.08. The van der Waals surface area contributed by atoms with Crippen molar-refractivity contribution in [1.82, 2.24) is 4.90 Å². The maximum atomic E-state index is 15.6. The van der Waals surface area contributed by atoms with Crippen LogP contribution in [0.25, 0.3) is 0 Å². The molecule has 0 bridgehead atoms. The highest BCUT2D eigenvalue weighted by Crippen LogP contribution is 2.63. The van der Waals surface area contributed by atoms with Crippen molar-refractivity contribution in [3.63, 3.8) is 0 Å².